The zero-order valence-corrected chi connectivity index (χ0v) is 15.0. The number of benzene rings is 2. The summed E-state index contributed by atoms with van der Waals surface area (Å²) < 4.78 is 11.1. The van der Waals surface area contributed by atoms with E-state index in [0.717, 1.165) is 28.4 Å². The van der Waals surface area contributed by atoms with Gasteiger partial charge in [-0.05, 0) is 42.0 Å². The van der Waals surface area contributed by atoms with E-state index in [2.05, 4.69) is 5.32 Å². The number of ether oxygens (including phenoxy) is 1. The minimum Gasteiger partial charge on any atom is -1.00 e. The smallest absolute Gasteiger partial charge is 0.335 e. The van der Waals surface area contributed by atoms with Crippen molar-refractivity contribution in [1.29, 1.82) is 0 Å². The quantitative estimate of drug-likeness (QED) is 0.646. The fourth-order valence-corrected chi connectivity index (χ4v) is 2.50. The molecule has 5 nitrogen and oxygen atoms in total. The standard InChI is InChI=1S/C20H19NO4.ClH/c1-24-17-4-2-3-16(11-17)19-10-9-18(25-19)13-21-12-14-5-7-15(8-6-14)20(22)23;/h2-11,21H,12-13H2,1H3,(H,22,23);1H/p-1. The van der Waals surface area contributed by atoms with Gasteiger partial charge in [0, 0.05) is 12.1 Å². The first-order valence-corrected chi connectivity index (χ1v) is 7.92. The molecule has 0 saturated carbocycles. The third-order valence-electron chi connectivity index (χ3n) is 3.85. The van der Waals surface area contributed by atoms with Crippen LogP contribution >= 0.6 is 0 Å². The number of carboxylic acid groups (broad SMARTS) is 1. The molecule has 0 unspecified atom stereocenters. The van der Waals surface area contributed by atoms with Crippen molar-refractivity contribution in [3.63, 3.8) is 0 Å². The molecule has 3 aromatic rings. The average Bonchev–Trinajstić information content (AvgIpc) is 3.11. The van der Waals surface area contributed by atoms with Gasteiger partial charge >= 0.3 is 5.97 Å². The maximum Gasteiger partial charge on any atom is 0.335 e. The Morgan fingerprint density at radius 3 is 2.54 bits per heavy atom. The molecule has 2 N–H and O–H groups in total. The van der Waals surface area contributed by atoms with Crippen LogP contribution in [0, 0.1) is 0 Å². The van der Waals surface area contributed by atoms with Gasteiger partial charge in [0.15, 0.2) is 0 Å². The molecule has 0 aliphatic heterocycles. The lowest BCUT2D eigenvalue weighted by Crippen LogP contribution is -3.00. The van der Waals surface area contributed by atoms with Gasteiger partial charge in [0.2, 0.25) is 0 Å². The summed E-state index contributed by atoms with van der Waals surface area (Å²) in [5.74, 6) is 1.50. The zero-order chi connectivity index (χ0) is 17.6. The highest BCUT2D eigenvalue weighted by Gasteiger charge is 2.06. The van der Waals surface area contributed by atoms with E-state index in [9.17, 15) is 4.79 Å². The summed E-state index contributed by atoms with van der Waals surface area (Å²) >= 11 is 0. The van der Waals surface area contributed by atoms with Gasteiger partial charge in [-0.25, -0.2) is 4.79 Å². The Morgan fingerprint density at radius 2 is 1.85 bits per heavy atom. The van der Waals surface area contributed by atoms with Crippen molar-refractivity contribution >= 4 is 5.97 Å². The van der Waals surface area contributed by atoms with Crippen LogP contribution in [0.1, 0.15) is 21.7 Å². The molecule has 0 spiro atoms. The van der Waals surface area contributed by atoms with Gasteiger partial charge in [0.25, 0.3) is 0 Å². The van der Waals surface area contributed by atoms with E-state index >= 15 is 0 Å². The molecule has 3 rings (SSSR count). The number of carbonyl (C=O) groups is 1. The number of aromatic carboxylic acids is 1. The summed E-state index contributed by atoms with van der Waals surface area (Å²) in [5.41, 5.74) is 2.28. The van der Waals surface area contributed by atoms with Crippen LogP contribution in [0.5, 0.6) is 5.75 Å². The highest BCUT2D eigenvalue weighted by molar-refractivity contribution is 5.87. The van der Waals surface area contributed by atoms with E-state index in [0.29, 0.717) is 13.1 Å². The summed E-state index contributed by atoms with van der Waals surface area (Å²) in [7, 11) is 1.64. The van der Waals surface area contributed by atoms with Crippen LogP contribution in [0.4, 0.5) is 0 Å². The zero-order valence-electron chi connectivity index (χ0n) is 14.2. The summed E-state index contributed by atoms with van der Waals surface area (Å²) in [6.07, 6.45) is 0. The molecule has 0 aliphatic carbocycles. The van der Waals surface area contributed by atoms with Crippen LogP contribution in [0.2, 0.25) is 0 Å². The summed E-state index contributed by atoms with van der Waals surface area (Å²) in [5, 5.41) is 12.2. The molecule has 1 heterocycles. The fourth-order valence-electron chi connectivity index (χ4n) is 2.50. The Labute approximate surface area is 158 Å². The van der Waals surface area contributed by atoms with E-state index in [-0.39, 0.29) is 18.0 Å². The lowest BCUT2D eigenvalue weighted by molar-refractivity contribution is -0.0000214. The van der Waals surface area contributed by atoms with Crippen molar-refractivity contribution in [1.82, 2.24) is 5.32 Å². The molecule has 136 valence electrons. The van der Waals surface area contributed by atoms with Gasteiger partial charge in [-0.2, -0.15) is 0 Å². The number of nitrogens with one attached hydrogen (secondary N) is 1. The highest BCUT2D eigenvalue weighted by Crippen LogP contribution is 2.25. The minimum absolute atomic E-state index is 0. The van der Waals surface area contributed by atoms with Crippen LogP contribution in [-0.2, 0) is 13.1 Å². The SMILES string of the molecule is COc1cccc(-c2ccc(CNCc3ccc(C(=O)O)cc3)o2)c1.[Cl-]. The molecule has 26 heavy (non-hydrogen) atoms. The topological polar surface area (TPSA) is 71.7 Å². The Balaban J connectivity index is 0.00000243. The van der Waals surface area contributed by atoms with Crippen LogP contribution in [-0.4, -0.2) is 18.2 Å². The number of hydrogen-bond acceptors (Lipinski definition) is 4. The van der Waals surface area contributed by atoms with Gasteiger partial charge in [-0.1, -0.05) is 24.3 Å². The third-order valence-corrected chi connectivity index (χ3v) is 3.85. The third kappa shape index (κ3) is 4.88. The lowest BCUT2D eigenvalue weighted by Gasteiger charge is -2.04. The Hall–Kier alpha value is -2.76. The van der Waals surface area contributed by atoms with Crippen molar-refractivity contribution < 1.29 is 31.5 Å². The predicted octanol–water partition coefficient (Wildman–Crippen LogP) is 0.947. The minimum atomic E-state index is -0.917. The summed E-state index contributed by atoms with van der Waals surface area (Å²) in [6, 6.07) is 18.4. The second kappa shape index (κ2) is 9.08. The van der Waals surface area contributed by atoms with E-state index in [1.807, 2.05) is 36.4 Å². The molecule has 6 heteroatoms. The van der Waals surface area contributed by atoms with E-state index in [1.54, 1.807) is 31.4 Å². The maximum absolute atomic E-state index is 10.8. The molecule has 0 atom stereocenters. The van der Waals surface area contributed by atoms with Gasteiger partial charge in [0.1, 0.15) is 17.3 Å². The molecular formula is C20H19ClNO4-. The largest absolute Gasteiger partial charge is 1.00 e. The first-order valence-electron chi connectivity index (χ1n) is 7.92. The number of furan rings is 1. The lowest BCUT2D eigenvalue weighted by atomic mass is 10.1. The second-order valence-corrected chi connectivity index (χ2v) is 5.60. The number of carboxylic acids is 1. The number of rotatable bonds is 7. The first kappa shape index (κ1) is 19.6. The molecule has 0 radical (unpaired) electrons. The molecule has 1 aromatic heterocycles. The summed E-state index contributed by atoms with van der Waals surface area (Å²) in [6.45, 7) is 1.22. The molecule has 0 amide bonds. The van der Waals surface area contributed by atoms with Crippen molar-refractivity contribution in [3.05, 3.63) is 77.6 Å². The van der Waals surface area contributed by atoms with Crippen LogP contribution in [0.3, 0.4) is 0 Å². The van der Waals surface area contributed by atoms with Gasteiger partial charge in [-0.15, -0.1) is 0 Å². The Kier molecular flexibility index (Phi) is 6.83. The van der Waals surface area contributed by atoms with Crippen LogP contribution in [0.15, 0.2) is 65.1 Å². The highest BCUT2D eigenvalue weighted by atomic mass is 35.5. The summed E-state index contributed by atoms with van der Waals surface area (Å²) in [4.78, 5) is 10.8. The van der Waals surface area contributed by atoms with Crippen LogP contribution < -0.4 is 22.5 Å². The number of methoxy groups -OCH3 is 1. The molecular weight excluding hydrogens is 354 g/mol. The molecule has 0 aliphatic rings. The van der Waals surface area contributed by atoms with Crippen molar-refractivity contribution in [2.45, 2.75) is 13.1 Å². The molecule has 0 saturated heterocycles. The van der Waals surface area contributed by atoms with E-state index < -0.39 is 5.97 Å². The van der Waals surface area contributed by atoms with Crippen molar-refractivity contribution in [3.8, 4) is 17.1 Å². The normalized spacial score (nSPS) is 10.2. The molecule has 0 bridgehead atoms. The van der Waals surface area contributed by atoms with Crippen LogP contribution in [0.25, 0.3) is 11.3 Å². The average molecular weight is 373 g/mol. The monoisotopic (exact) mass is 372 g/mol. The van der Waals surface area contributed by atoms with Crippen molar-refractivity contribution in [2.24, 2.45) is 0 Å². The van der Waals surface area contributed by atoms with Gasteiger partial charge in [-0.3, -0.25) is 0 Å². The Bertz CT molecular complexity index is 858. The molecule has 0 fully saturated rings. The Morgan fingerprint density at radius 1 is 1.08 bits per heavy atom. The predicted molar refractivity (Wildman–Crippen MR) is 94.6 cm³/mol. The van der Waals surface area contributed by atoms with Gasteiger partial charge < -0.3 is 32.0 Å². The number of hydrogen-bond donors (Lipinski definition) is 2. The van der Waals surface area contributed by atoms with E-state index in [1.165, 1.54) is 0 Å². The van der Waals surface area contributed by atoms with E-state index in [4.69, 9.17) is 14.3 Å². The number of halogens is 1. The fraction of sp³-hybridized carbons (Fsp3) is 0.150. The molecule has 2 aromatic carbocycles. The second-order valence-electron chi connectivity index (χ2n) is 5.60. The first-order chi connectivity index (χ1) is 12.2. The van der Waals surface area contributed by atoms with Crippen molar-refractivity contribution in [2.75, 3.05) is 7.11 Å². The van der Waals surface area contributed by atoms with Gasteiger partial charge in [0.05, 0.1) is 19.2 Å². The maximum atomic E-state index is 10.8.